The van der Waals surface area contributed by atoms with Crippen LogP contribution in [0.25, 0.3) is 41.6 Å². The predicted octanol–water partition coefficient (Wildman–Crippen LogP) is 13.9. The molecule has 8 aromatic rings. The first kappa shape index (κ1) is 49.7. The van der Waals surface area contributed by atoms with Crippen LogP contribution in [0.1, 0.15) is 50.4 Å². The van der Waals surface area contributed by atoms with E-state index in [2.05, 4.69) is 40.4 Å². The summed E-state index contributed by atoms with van der Waals surface area (Å²) < 4.78 is 78.9. The molecule has 2 aromatic heterocycles. The molecular formula is C45H33ClF6N6O6S2. The van der Waals surface area contributed by atoms with E-state index in [9.17, 15) is 56.2 Å². The third-order valence-electron chi connectivity index (χ3n) is 9.12. The number of hydrogen-bond donors (Lipinski definition) is 2. The molecule has 2 heterocycles. The van der Waals surface area contributed by atoms with Crippen molar-refractivity contribution in [3.8, 4) is 21.1 Å². The second kappa shape index (κ2) is 20.3. The normalized spacial score (nSPS) is 11.1. The van der Waals surface area contributed by atoms with Crippen molar-refractivity contribution in [3.63, 3.8) is 0 Å². The number of nitro benzene ring substituents is 2. The SMILES string of the molecule is C.Cc1ccc2nc(-c3ccc(N)cc3)sc2c1.Cc1ccc2nc(-c3ccc(NC(=O)c4ccc([N+](=O)[O-])c(C(F)(F)F)c4)cc3)sc2c1.O=C(Cl)c1ccc([N+](=O)[O-])c(C(F)(F)F)c1. The maximum atomic E-state index is 13.1. The van der Waals surface area contributed by atoms with Gasteiger partial charge in [-0.15, -0.1) is 22.7 Å². The van der Waals surface area contributed by atoms with Crippen LogP contribution < -0.4 is 11.1 Å². The molecule has 6 aromatic carbocycles. The number of nitrogens with two attached hydrogens (primary N) is 1. The minimum atomic E-state index is -4.96. The van der Waals surface area contributed by atoms with Crippen molar-refractivity contribution in [1.82, 2.24) is 9.97 Å². The van der Waals surface area contributed by atoms with Crippen LogP contribution in [0.3, 0.4) is 0 Å². The molecule has 3 N–H and O–H groups in total. The Labute approximate surface area is 383 Å². The van der Waals surface area contributed by atoms with E-state index in [-0.39, 0.29) is 13.0 Å². The summed E-state index contributed by atoms with van der Waals surface area (Å²) in [6, 6.07) is 30.8. The number of aromatic nitrogens is 2. The lowest BCUT2D eigenvalue weighted by atomic mass is 10.1. The maximum absolute atomic E-state index is 13.1. The van der Waals surface area contributed by atoms with Crippen molar-refractivity contribution in [3.05, 3.63) is 175 Å². The van der Waals surface area contributed by atoms with E-state index in [0.717, 1.165) is 60.3 Å². The zero-order valence-corrected chi connectivity index (χ0v) is 35.7. The first-order valence-electron chi connectivity index (χ1n) is 18.5. The Kier molecular flexibility index (Phi) is 15.3. The van der Waals surface area contributed by atoms with Crippen molar-refractivity contribution in [2.75, 3.05) is 11.1 Å². The molecule has 21 heteroatoms. The molecule has 0 bridgehead atoms. The van der Waals surface area contributed by atoms with Crippen LogP contribution in [0.5, 0.6) is 0 Å². The molecule has 0 unspecified atom stereocenters. The van der Waals surface area contributed by atoms with Gasteiger partial charge in [0.1, 0.15) is 21.1 Å². The summed E-state index contributed by atoms with van der Waals surface area (Å²) in [5.41, 5.74) is 7.15. The highest BCUT2D eigenvalue weighted by Crippen LogP contribution is 2.38. The lowest BCUT2D eigenvalue weighted by molar-refractivity contribution is -0.388. The van der Waals surface area contributed by atoms with Gasteiger partial charge in [-0.2, -0.15) is 26.3 Å². The zero-order valence-electron chi connectivity index (χ0n) is 33.3. The van der Waals surface area contributed by atoms with Gasteiger partial charge in [-0.25, -0.2) is 9.97 Å². The maximum Gasteiger partial charge on any atom is 0.423 e. The number of alkyl halides is 6. The van der Waals surface area contributed by atoms with Gasteiger partial charge in [0.25, 0.3) is 22.5 Å². The van der Waals surface area contributed by atoms with Gasteiger partial charge in [-0.3, -0.25) is 29.8 Å². The Morgan fingerprint density at radius 1 is 0.621 bits per heavy atom. The third kappa shape index (κ3) is 12.1. The molecule has 0 saturated carbocycles. The van der Waals surface area contributed by atoms with Crippen LogP contribution in [-0.4, -0.2) is 31.0 Å². The van der Waals surface area contributed by atoms with Crippen LogP contribution in [0, 0.1) is 34.1 Å². The molecule has 8 rings (SSSR count). The fraction of sp³-hybridized carbons (Fsp3) is 0.111. The summed E-state index contributed by atoms with van der Waals surface area (Å²) in [6.07, 6.45) is -9.87. The van der Waals surface area contributed by atoms with Crippen molar-refractivity contribution in [1.29, 1.82) is 0 Å². The number of nitrogen functional groups attached to an aromatic ring is 1. The minimum Gasteiger partial charge on any atom is -0.399 e. The number of hydrogen-bond acceptors (Lipinski definition) is 11. The Bertz CT molecular complexity index is 3100. The summed E-state index contributed by atoms with van der Waals surface area (Å²) in [7, 11) is 0. The number of nitrogens with zero attached hydrogens (tertiary/aromatic N) is 4. The number of halogens is 7. The van der Waals surface area contributed by atoms with Crippen LogP contribution >= 0.6 is 34.3 Å². The van der Waals surface area contributed by atoms with E-state index in [1.807, 2.05) is 49.4 Å². The molecule has 0 spiro atoms. The topological polar surface area (TPSA) is 184 Å². The average Bonchev–Trinajstić information content (AvgIpc) is 3.87. The molecule has 12 nitrogen and oxygen atoms in total. The number of anilines is 2. The van der Waals surface area contributed by atoms with Crippen molar-refractivity contribution < 1.29 is 45.8 Å². The Morgan fingerprint density at radius 2 is 1.03 bits per heavy atom. The Morgan fingerprint density at radius 3 is 1.44 bits per heavy atom. The number of carbonyl (C=O) groups is 2. The lowest BCUT2D eigenvalue weighted by Crippen LogP contribution is -2.15. The quantitative estimate of drug-likeness (QED) is 0.0516. The van der Waals surface area contributed by atoms with E-state index in [1.54, 1.807) is 35.6 Å². The summed E-state index contributed by atoms with van der Waals surface area (Å²) in [5, 5.41) is 24.4. The van der Waals surface area contributed by atoms with E-state index < -0.39 is 61.4 Å². The molecule has 1 amide bonds. The Hall–Kier alpha value is -7.29. The molecule has 340 valence electrons. The molecule has 0 aliphatic rings. The van der Waals surface area contributed by atoms with E-state index in [4.69, 9.17) is 17.3 Å². The van der Waals surface area contributed by atoms with Gasteiger partial charge in [0.15, 0.2) is 0 Å². The van der Waals surface area contributed by atoms with E-state index >= 15 is 0 Å². The first-order valence-corrected chi connectivity index (χ1v) is 20.5. The molecular weight excluding hydrogens is 934 g/mol. The molecule has 0 radical (unpaired) electrons. The average molecular weight is 967 g/mol. The number of carbonyl (C=O) groups excluding carboxylic acids is 2. The standard InChI is InChI=1S/C22H14F3N3O3S.C14H12N2S.C8H3ClF3NO3.CH4/c1-12-2-8-17-19(10-12)32-21(27-17)13-3-6-15(7-4-13)26-20(29)14-5-9-18(28(30)31)16(11-14)22(23,24)25;1-9-2-7-12-13(8-9)17-14(16-12)10-3-5-11(15)6-4-10;9-7(14)4-1-2-6(13(15)16)5(3-4)8(10,11)12;/h2-11H,1H3,(H,26,29);2-8H,15H2,1H3;1-3H;1H4. The lowest BCUT2D eigenvalue weighted by Gasteiger charge is -2.10. The molecule has 0 atom stereocenters. The summed E-state index contributed by atoms with van der Waals surface area (Å²) in [4.78, 5) is 51.2. The fourth-order valence-corrected chi connectivity index (χ4v) is 8.20. The number of benzene rings is 6. The first-order chi connectivity index (χ1) is 30.6. The van der Waals surface area contributed by atoms with Gasteiger partial charge in [0.2, 0.25) is 0 Å². The summed E-state index contributed by atoms with van der Waals surface area (Å²) >= 11 is 8.23. The summed E-state index contributed by atoms with van der Waals surface area (Å²) in [6.45, 7) is 4.10. The number of aryl methyl sites for hydroxylation is 2. The van der Waals surface area contributed by atoms with Crippen LogP contribution in [0.2, 0.25) is 0 Å². The highest BCUT2D eigenvalue weighted by molar-refractivity contribution is 7.22. The molecule has 0 aliphatic carbocycles. The zero-order chi connectivity index (χ0) is 47.4. The van der Waals surface area contributed by atoms with Crippen LogP contribution in [0.15, 0.2) is 121 Å². The number of nitrogens with one attached hydrogen (secondary N) is 1. The predicted molar refractivity (Wildman–Crippen MR) is 245 cm³/mol. The number of amides is 1. The fourth-order valence-electron chi connectivity index (χ4n) is 5.94. The molecule has 66 heavy (non-hydrogen) atoms. The van der Waals surface area contributed by atoms with Gasteiger partial charge < -0.3 is 11.1 Å². The number of nitro groups is 2. The third-order valence-corrected chi connectivity index (χ3v) is 11.5. The van der Waals surface area contributed by atoms with Gasteiger partial charge in [-0.1, -0.05) is 19.6 Å². The van der Waals surface area contributed by atoms with Gasteiger partial charge in [0.05, 0.1) is 30.3 Å². The second-order valence-electron chi connectivity index (χ2n) is 13.9. The molecule has 0 saturated heterocycles. The van der Waals surface area contributed by atoms with Crippen molar-refractivity contribution in [2.24, 2.45) is 0 Å². The monoisotopic (exact) mass is 966 g/mol. The molecule has 0 aliphatic heterocycles. The largest absolute Gasteiger partial charge is 0.423 e. The van der Waals surface area contributed by atoms with Crippen LogP contribution in [0.4, 0.5) is 49.1 Å². The van der Waals surface area contributed by atoms with Gasteiger partial charge >= 0.3 is 12.4 Å². The number of thiazole rings is 2. The van der Waals surface area contributed by atoms with Gasteiger partial charge in [0, 0.05) is 45.8 Å². The molecule has 0 fully saturated rings. The smallest absolute Gasteiger partial charge is 0.399 e. The Balaban J connectivity index is 0.000000203. The number of fused-ring (bicyclic) bond motifs is 2. The summed E-state index contributed by atoms with van der Waals surface area (Å²) in [5.74, 6) is -0.811. The minimum absolute atomic E-state index is 0. The van der Waals surface area contributed by atoms with Crippen molar-refractivity contribution in [2.45, 2.75) is 33.6 Å². The number of rotatable bonds is 7. The van der Waals surface area contributed by atoms with E-state index in [1.165, 1.54) is 21.6 Å². The van der Waals surface area contributed by atoms with E-state index in [0.29, 0.717) is 30.0 Å². The second-order valence-corrected chi connectivity index (χ2v) is 16.3. The van der Waals surface area contributed by atoms with Crippen molar-refractivity contribution >= 4 is 88.6 Å². The highest BCUT2D eigenvalue weighted by atomic mass is 35.5. The van der Waals surface area contributed by atoms with Gasteiger partial charge in [-0.05, 0) is 134 Å². The highest BCUT2D eigenvalue weighted by Gasteiger charge is 2.40. The van der Waals surface area contributed by atoms with Crippen LogP contribution in [-0.2, 0) is 12.4 Å².